The molecule has 5 rings (SSSR count). The van der Waals surface area contributed by atoms with Crippen LogP contribution in [0.15, 0.2) is 52.9 Å². The molecule has 2 heterocycles. The van der Waals surface area contributed by atoms with E-state index in [0.29, 0.717) is 17.0 Å². The Morgan fingerprint density at radius 2 is 1.97 bits per heavy atom. The van der Waals surface area contributed by atoms with E-state index in [9.17, 15) is 23.6 Å². The number of carboxylic acid groups (broad SMARTS) is 1. The highest BCUT2D eigenvalue weighted by Gasteiger charge is 2.52. The van der Waals surface area contributed by atoms with Crippen molar-refractivity contribution in [1.82, 2.24) is 5.01 Å². The van der Waals surface area contributed by atoms with Gasteiger partial charge in [-0.3, -0.25) is 5.01 Å². The Morgan fingerprint density at radius 3 is 2.59 bits per heavy atom. The minimum atomic E-state index is -3.29. The number of anilines is 1. The van der Waals surface area contributed by atoms with Crippen LogP contribution in [-0.2, 0) is 16.3 Å². The summed E-state index contributed by atoms with van der Waals surface area (Å²) in [5, 5.41) is 23.3. The molecule has 1 N–H and O–H groups in total. The zero-order valence-corrected chi connectivity index (χ0v) is 22.0. The van der Waals surface area contributed by atoms with Crippen molar-refractivity contribution in [3.05, 3.63) is 87.3 Å². The molecule has 0 amide bonds. The molecule has 0 spiro atoms. The van der Waals surface area contributed by atoms with Crippen molar-refractivity contribution in [2.75, 3.05) is 23.6 Å². The summed E-state index contributed by atoms with van der Waals surface area (Å²) < 4.78 is 30.7. The summed E-state index contributed by atoms with van der Waals surface area (Å²) in [4.78, 5) is 11.6. The quantitative estimate of drug-likeness (QED) is 0.468. The third-order valence-electron chi connectivity index (χ3n) is 7.21. The summed E-state index contributed by atoms with van der Waals surface area (Å²) in [5.41, 5.74) is 3.22. The van der Waals surface area contributed by atoms with E-state index in [1.165, 1.54) is 6.26 Å². The first kappa shape index (κ1) is 25.3. The molecule has 0 bridgehead atoms. The Hall–Kier alpha value is -3.32. The van der Waals surface area contributed by atoms with E-state index < -0.39 is 15.8 Å². The van der Waals surface area contributed by atoms with Gasteiger partial charge in [0.2, 0.25) is 0 Å². The lowest BCUT2D eigenvalue weighted by atomic mass is 9.76. The fraction of sp³-hybridized carbons (Fsp3) is 0.333. The van der Waals surface area contributed by atoms with Crippen molar-refractivity contribution in [1.29, 1.82) is 5.26 Å². The zero-order valence-electron chi connectivity index (χ0n) is 20.4. The predicted molar refractivity (Wildman–Crippen MR) is 139 cm³/mol. The molecular weight excluding hydrogens is 514 g/mol. The van der Waals surface area contributed by atoms with Crippen LogP contribution >= 0.6 is 11.6 Å². The van der Waals surface area contributed by atoms with Gasteiger partial charge in [-0.05, 0) is 73.4 Å². The molecule has 192 valence electrons. The topological polar surface area (TPSA) is 115 Å². The van der Waals surface area contributed by atoms with E-state index in [0.717, 1.165) is 34.8 Å². The highest BCUT2D eigenvalue weighted by molar-refractivity contribution is 7.90. The summed E-state index contributed by atoms with van der Waals surface area (Å²) >= 11 is 6.44. The zero-order chi connectivity index (χ0) is 26.5. The van der Waals surface area contributed by atoms with Crippen molar-refractivity contribution in [2.24, 2.45) is 5.92 Å². The van der Waals surface area contributed by atoms with Crippen molar-refractivity contribution >= 4 is 33.1 Å². The number of aromatic carboxylic acids is 1. The summed E-state index contributed by atoms with van der Waals surface area (Å²) in [6.45, 7) is 2.10. The van der Waals surface area contributed by atoms with Gasteiger partial charge in [0.15, 0.2) is 0 Å². The second-order valence-corrected chi connectivity index (χ2v) is 12.3. The van der Waals surface area contributed by atoms with Crippen LogP contribution in [-0.4, -0.2) is 43.1 Å². The summed E-state index contributed by atoms with van der Waals surface area (Å²) in [6.07, 6.45) is 2.65. The molecule has 2 aliphatic rings. The number of fused-ring (bicyclic) bond motifs is 3. The average molecular weight is 540 g/mol. The van der Waals surface area contributed by atoms with Crippen molar-refractivity contribution in [3.63, 3.8) is 0 Å². The minimum absolute atomic E-state index is 0.0303. The van der Waals surface area contributed by atoms with Gasteiger partial charge >= 0.3 is 5.97 Å². The number of halogens is 1. The van der Waals surface area contributed by atoms with Crippen LogP contribution in [0.2, 0.25) is 5.02 Å². The molecule has 10 heteroatoms. The maximum Gasteiger partial charge on any atom is 0.335 e. The maximum atomic E-state index is 12.3. The van der Waals surface area contributed by atoms with Gasteiger partial charge in [0.25, 0.3) is 0 Å². The molecule has 1 saturated heterocycles. The number of nitriles is 1. The SMILES string of the molecule is Cc1ccc(C2C3CCc4cc(C(=O)O)ccc4C3N(CCS(C)(=O)=O)N2c2ccc(C#N)c(Cl)c2)o1. The standard InChI is InChI=1S/C27H26ClN3O5S/c1-16-3-10-24(36-16)26-22-9-5-17-13-18(27(32)33)6-8-21(17)25(22)30(11-12-37(2,34)35)31(26)20-7-4-19(15-29)23(28)14-20/h3-4,6-8,10,13-14,22,25-26H,5,9,11-12H2,1-2H3,(H,32,33). The number of furan rings is 1. The number of rotatable bonds is 6. The molecule has 2 aromatic carbocycles. The predicted octanol–water partition coefficient (Wildman–Crippen LogP) is 4.94. The van der Waals surface area contributed by atoms with Gasteiger partial charge in [-0.2, -0.15) is 5.26 Å². The molecule has 3 aromatic rings. The molecule has 37 heavy (non-hydrogen) atoms. The number of hydrogen-bond donors (Lipinski definition) is 1. The van der Waals surface area contributed by atoms with E-state index in [2.05, 4.69) is 6.07 Å². The Kier molecular flexibility index (Phi) is 6.52. The third-order valence-corrected chi connectivity index (χ3v) is 8.45. The monoisotopic (exact) mass is 539 g/mol. The highest BCUT2D eigenvalue weighted by atomic mass is 35.5. The lowest BCUT2D eigenvalue weighted by Gasteiger charge is -2.37. The van der Waals surface area contributed by atoms with Crippen LogP contribution in [0, 0.1) is 24.2 Å². The Morgan fingerprint density at radius 1 is 1.19 bits per heavy atom. The van der Waals surface area contributed by atoms with Crippen LogP contribution in [0.1, 0.15) is 57.1 Å². The number of hydrazine groups is 1. The summed E-state index contributed by atoms with van der Waals surface area (Å²) in [7, 11) is -3.29. The van der Waals surface area contributed by atoms with Crippen LogP contribution < -0.4 is 5.01 Å². The van der Waals surface area contributed by atoms with Gasteiger partial charge in [-0.15, -0.1) is 0 Å². The second-order valence-electron chi connectivity index (χ2n) is 9.67. The second kappa shape index (κ2) is 9.53. The molecule has 3 atom stereocenters. The number of nitrogens with zero attached hydrogens (tertiary/aromatic N) is 3. The van der Waals surface area contributed by atoms with Gasteiger partial charge in [-0.1, -0.05) is 17.7 Å². The third kappa shape index (κ3) is 4.73. The fourth-order valence-corrected chi connectivity index (χ4v) is 6.37. The van der Waals surface area contributed by atoms with Crippen LogP contribution in [0.4, 0.5) is 5.69 Å². The Labute approximate surface area is 220 Å². The normalized spacial score (nSPS) is 21.4. The van der Waals surface area contributed by atoms with Gasteiger partial charge < -0.3 is 9.52 Å². The number of benzene rings is 2. The fourth-order valence-electron chi connectivity index (χ4n) is 5.64. The van der Waals surface area contributed by atoms with Crippen LogP contribution in [0.25, 0.3) is 0 Å². The summed E-state index contributed by atoms with van der Waals surface area (Å²) in [5.74, 6) is 0.496. The van der Waals surface area contributed by atoms with Gasteiger partial charge in [0.05, 0.1) is 33.6 Å². The largest absolute Gasteiger partial charge is 0.478 e. The van der Waals surface area contributed by atoms with E-state index >= 15 is 0 Å². The lowest BCUT2D eigenvalue weighted by molar-refractivity contribution is 0.0696. The molecule has 1 aliphatic carbocycles. The van der Waals surface area contributed by atoms with E-state index in [-0.39, 0.29) is 35.9 Å². The summed E-state index contributed by atoms with van der Waals surface area (Å²) in [6, 6.07) is 15.8. The number of carbonyl (C=O) groups is 1. The smallest absolute Gasteiger partial charge is 0.335 e. The van der Waals surface area contributed by atoms with Crippen molar-refractivity contribution in [2.45, 2.75) is 31.8 Å². The highest BCUT2D eigenvalue weighted by Crippen LogP contribution is 2.55. The Bertz CT molecular complexity index is 1530. The number of hydrogen-bond acceptors (Lipinski definition) is 7. The molecule has 1 aliphatic heterocycles. The number of aryl methyl sites for hydroxylation is 2. The number of carboxylic acids is 1. The minimum Gasteiger partial charge on any atom is -0.478 e. The molecule has 3 unspecified atom stereocenters. The molecule has 8 nitrogen and oxygen atoms in total. The van der Waals surface area contributed by atoms with Gasteiger partial charge in [0, 0.05) is 18.7 Å². The number of sulfone groups is 1. The van der Waals surface area contributed by atoms with E-state index in [1.54, 1.807) is 24.3 Å². The Balaban J connectivity index is 1.70. The van der Waals surface area contributed by atoms with Gasteiger partial charge in [0.1, 0.15) is 33.5 Å². The molecule has 1 aromatic heterocycles. The van der Waals surface area contributed by atoms with E-state index in [4.69, 9.17) is 16.0 Å². The lowest BCUT2D eigenvalue weighted by Crippen LogP contribution is -2.42. The first-order valence-electron chi connectivity index (χ1n) is 11.9. The maximum absolute atomic E-state index is 12.3. The molecular formula is C27H26ClN3O5S. The average Bonchev–Trinajstić information content (AvgIpc) is 3.42. The first-order chi connectivity index (χ1) is 17.6. The first-order valence-corrected chi connectivity index (χ1v) is 14.4. The van der Waals surface area contributed by atoms with Gasteiger partial charge in [-0.25, -0.2) is 18.2 Å². The molecule has 0 saturated carbocycles. The van der Waals surface area contributed by atoms with Crippen LogP contribution in [0.5, 0.6) is 0 Å². The molecule has 1 fully saturated rings. The van der Waals surface area contributed by atoms with E-state index in [1.807, 2.05) is 41.2 Å². The van der Waals surface area contributed by atoms with Crippen molar-refractivity contribution < 1.29 is 22.7 Å². The molecule has 0 radical (unpaired) electrons. The van der Waals surface area contributed by atoms with Crippen molar-refractivity contribution in [3.8, 4) is 6.07 Å². The van der Waals surface area contributed by atoms with Crippen LogP contribution in [0.3, 0.4) is 0 Å².